The van der Waals surface area contributed by atoms with Crippen LogP contribution in [0.2, 0.25) is 5.02 Å². The lowest BCUT2D eigenvalue weighted by Crippen LogP contribution is -1.99. The Morgan fingerprint density at radius 2 is 1.89 bits per heavy atom. The van der Waals surface area contributed by atoms with E-state index < -0.39 is 4.92 Å². The molecule has 0 saturated carbocycles. The van der Waals surface area contributed by atoms with Crippen molar-refractivity contribution in [1.29, 1.82) is 0 Å². The number of halogens is 2. The van der Waals surface area contributed by atoms with Gasteiger partial charge in [0, 0.05) is 9.64 Å². The third kappa shape index (κ3) is 3.57. The van der Waals surface area contributed by atoms with Crippen LogP contribution in [0.5, 0.6) is 5.75 Å². The molecule has 98 valence electrons. The van der Waals surface area contributed by atoms with Crippen molar-refractivity contribution in [2.24, 2.45) is 0 Å². The molecule has 2 aromatic carbocycles. The summed E-state index contributed by atoms with van der Waals surface area (Å²) in [6, 6.07) is 12.2. The van der Waals surface area contributed by atoms with Crippen molar-refractivity contribution >= 4 is 39.9 Å². The SMILES string of the molecule is O=[N+]([O-])c1cccc(Cl)c1OCc1ccc(I)cc1. The number of para-hydroxylation sites is 1. The van der Waals surface area contributed by atoms with E-state index in [0.717, 1.165) is 9.13 Å². The van der Waals surface area contributed by atoms with Crippen LogP contribution in [0.3, 0.4) is 0 Å². The maximum Gasteiger partial charge on any atom is 0.312 e. The van der Waals surface area contributed by atoms with Gasteiger partial charge in [0.15, 0.2) is 0 Å². The second-order valence-electron chi connectivity index (χ2n) is 3.76. The quantitative estimate of drug-likeness (QED) is 0.441. The van der Waals surface area contributed by atoms with Crippen LogP contribution in [0, 0.1) is 13.7 Å². The Kier molecular flexibility index (Phi) is 4.60. The summed E-state index contributed by atoms with van der Waals surface area (Å²) in [6.45, 7) is 0.238. The largest absolute Gasteiger partial charge is 0.481 e. The second kappa shape index (κ2) is 6.21. The van der Waals surface area contributed by atoms with Gasteiger partial charge in [0.05, 0.1) is 9.95 Å². The number of benzene rings is 2. The van der Waals surface area contributed by atoms with Crippen LogP contribution in [-0.2, 0) is 6.61 Å². The summed E-state index contributed by atoms with van der Waals surface area (Å²) < 4.78 is 6.59. The van der Waals surface area contributed by atoms with Crippen LogP contribution in [-0.4, -0.2) is 4.92 Å². The fraction of sp³-hybridized carbons (Fsp3) is 0.0769. The van der Waals surface area contributed by atoms with Gasteiger partial charge in [-0.2, -0.15) is 0 Å². The first-order valence-corrected chi connectivity index (χ1v) is 6.84. The van der Waals surface area contributed by atoms with Gasteiger partial charge in [-0.1, -0.05) is 29.8 Å². The average molecular weight is 390 g/mol. The molecule has 0 unspecified atom stereocenters. The molecule has 2 rings (SSSR count). The zero-order valence-corrected chi connectivity index (χ0v) is 12.6. The van der Waals surface area contributed by atoms with Gasteiger partial charge in [-0.05, 0) is 46.4 Å². The van der Waals surface area contributed by atoms with E-state index in [4.69, 9.17) is 16.3 Å². The Bertz CT molecular complexity index is 601. The number of nitro groups is 1. The van der Waals surface area contributed by atoms with Gasteiger partial charge in [0.1, 0.15) is 6.61 Å². The minimum atomic E-state index is -0.505. The van der Waals surface area contributed by atoms with Gasteiger partial charge in [-0.3, -0.25) is 10.1 Å². The number of hydrogen-bond acceptors (Lipinski definition) is 3. The third-order valence-electron chi connectivity index (χ3n) is 2.44. The predicted octanol–water partition coefficient (Wildman–Crippen LogP) is 4.43. The van der Waals surface area contributed by atoms with Crippen LogP contribution in [0.1, 0.15) is 5.56 Å². The molecule has 0 aromatic heterocycles. The molecule has 0 aliphatic heterocycles. The van der Waals surface area contributed by atoms with Crippen LogP contribution >= 0.6 is 34.2 Å². The molecule has 0 spiro atoms. The summed E-state index contributed by atoms with van der Waals surface area (Å²) >= 11 is 8.14. The Labute approximate surface area is 128 Å². The Morgan fingerprint density at radius 3 is 2.53 bits per heavy atom. The van der Waals surface area contributed by atoms with Gasteiger partial charge >= 0.3 is 5.69 Å². The summed E-state index contributed by atoms with van der Waals surface area (Å²) in [4.78, 5) is 10.4. The molecule has 0 atom stereocenters. The number of ether oxygens (including phenoxy) is 1. The number of nitro benzene ring substituents is 1. The summed E-state index contributed by atoms with van der Waals surface area (Å²) in [6.07, 6.45) is 0. The third-order valence-corrected chi connectivity index (χ3v) is 3.46. The van der Waals surface area contributed by atoms with Crippen molar-refractivity contribution in [2.45, 2.75) is 6.61 Å². The van der Waals surface area contributed by atoms with Crippen LogP contribution in [0.15, 0.2) is 42.5 Å². The first-order chi connectivity index (χ1) is 9.08. The van der Waals surface area contributed by atoms with Gasteiger partial charge in [-0.25, -0.2) is 0 Å². The highest BCUT2D eigenvalue weighted by atomic mass is 127. The standard InChI is InChI=1S/C13H9ClINO3/c14-11-2-1-3-12(16(17)18)13(11)19-8-9-4-6-10(15)7-5-9/h1-7H,8H2. The van der Waals surface area contributed by atoms with E-state index in [9.17, 15) is 10.1 Å². The van der Waals surface area contributed by atoms with Gasteiger partial charge in [-0.15, -0.1) is 0 Å². The Morgan fingerprint density at radius 1 is 1.21 bits per heavy atom. The number of nitrogens with zero attached hydrogens (tertiary/aromatic N) is 1. The topological polar surface area (TPSA) is 52.4 Å². The van der Waals surface area contributed by atoms with Crippen LogP contribution < -0.4 is 4.74 Å². The van der Waals surface area contributed by atoms with Gasteiger partial charge in [0.2, 0.25) is 5.75 Å². The van der Waals surface area contributed by atoms with E-state index in [0.29, 0.717) is 0 Å². The molecular formula is C13H9ClINO3. The van der Waals surface area contributed by atoms with Crippen LogP contribution in [0.25, 0.3) is 0 Å². The zero-order chi connectivity index (χ0) is 13.8. The van der Waals surface area contributed by atoms with Crippen molar-refractivity contribution in [3.63, 3.8) is 0 Å². The fourth-order valence-electron chi connectivity index (χ4n) is 1.52. The van der Waals surface area contributed by atoms with E-state index in [1.807, 2.05) is 24.3 Å². The molecule has 0 saturated heterocycles. The van der Waals surface area contributed by atoms with E-state index in [-0.39, 0.29) is 23.1 Å². The maximum atomic E-state index is 10.9. The van der Waals surface area contributed by atoms with E-state index in [1.165, 1.54) is 12.1 Å². The minimum Gasteiger partial charge on any atom is -0.481 e. The molecule has 0 aliphatic rings. The van der Waals surface area contributed by atoms with Crippen molar-refractivity contribution < 1.29 is 9.66 Å². The van der Waals surface area contributed by atoms with Gasteiger partial charge < -0.3 is 4.74 Å². The van der Waals surface area contributed by atoms with E-state index in [2.05, 4.69) is 22.6 Å². The van der Waals surface area contributed by atoms with Crippen molar-refractivity contribution in [3.05, 3.63) is 66.7 Å². The molecule has 2 aromatic rings. The monoisotopic (exact) mass is 389 g/mol. The highest BCUT2D eigenvalue weighted by Crippen LogP contribution is 2.34. The molecule has 6 heteroatoms. The highest BCUT2D eigenvalue weighted by molar-refractivity contribution is 14.1. The first-order valence-electron chi connectivity index (χ1n) is 5.38. The molecule has 0 heterocycles. The maximum absolute atomic E-state index is 10.9. The Balaban J connectivity index is 2.19. The molecule has 0 N–H and O–H groups in total. The molecular weight excluding hydrogens is 381 g/mol. The lowest BCUT2D eigenvalue weighted by atomic mass is 10.2. The molecule has 0 amide bonds. The molecule has 0 bridgehead atoms. The number of hydrogen-bond donors (Lipinski definition) is 0. The normalized spacial score (nSPS) is 10.2. The summed E-state index contributed by atoms with van der Waals surface area (Å²) in [5, 5.41) is 11.1. The molecule has 0 fully saturated rings. The molecule has 19 heavy (non-hydrogen) atoms. The lowest BCUT2D eigenvalue weighted by Gasteiger charge is -2.08. The lowest BCUT2D eigenvalue weighted by molar-refractivity contribution is -0.385. The Hall–Kier alpha value is -1.34. The predicted molar refractivity (Wildman–Crippen MR) is 81.6 cm³/mol. The van der Waals surface area contributed by atoms with Crippen molar-refractivity contribution in [2.75, 3.05) is 0 Å². The molecule has 0 radical (unpaired) electrons. The summed E-state index contributed by atoms with van der Waals surface area (Å²) in [5.74, 6) is 0.104. The van der Waals surface area contributed by atoms with Crippen LogP contribution in [0.4, 0.5) is 5.69 Å². The smallest absolute Gasteiger partial charge is 0.312 e. The average Bonchev–Trinajstić information content (AvgIpc) is 2.39. The first kappa shape index (κ1) is 14.1. The van der Waals surface area contributed by atoms with E-state index in [1.54, 1.807) is 6.07 Å². The van der Waals surface area contributed by atoms with E-state index >= 15 is 0 Å². The van der Waals surface area contributed by atoms with Crippen molar-refractivity contribution in [3.8, 4) is 5.75 Å². The summed E-state index contributed by atoms with van der Waals surface area (Å²) in [7, 11) is 0. The number of rotatable bonds is 4. The molecule has 4 nitrogen and oxygen atoms in total. The minimum absolute atomic E-state index is 0.104. The van der Waals surface area contributed by atoms with Gasteiger partial charge in [0.25, 0.3) is 0 Å². The fourth-order valence-corrected chi connectivity index (χ4v) is 2.10. The highest BCUT2D eigenvalue weighted by Gasteiger charge is 2.18. The summed E-state index contributed by atoms with van der Waals surface area (Å²) in [5.41, 5.74) is 0.799. The molecule has 0 aliphatic carbocycles. The second-order valence-corrected chi connectivity index (χ2v) is 5.41. The zero-order valence-electron chi connectivity index (χ0n) is 9.68. The van der Waals surface area contributed by atoms with Crippen molar-refractivity contribution in [1.82, 2.24) is 0 Å².